The molecule has 132 valence electrons. The van der Waals surface area contributed by atoms with Gasteiger partial charge in [-0.25, -0.2) is 9.97 Å². The second kappa shape index (κ2) is 8.03. The van der Waals surface area contributed by atoms with Crippen molar-refractivity contribution in [2.45, 2.75) is 0 Å². The highest BCUT2D eigenvalue weighted by atomic mass is 35.5. The summed E-state index contributed by atoms with van der Waals surface area (Å²) >= 11 is 12.1. The number of hydrogen-bond acceptors (Lipinski definition) is 5. The van der Waals surface area contributed by atoms with E-state index >= 15 is 0 Å². The van der Waals surface area contributed by atoms with Gasteiger partial charge in [-0.3, -0.25) is 4.79 Å². The average Bonchev–Trinajstić information content (AvgIpc) is 2.66. The van der Waals surface area contributed by atoms with Gasteiger partial charge >= 0.3 is 0 Å². The number of halogens is 2. The van der Waals surface area contributed by atoms with Crippen LogP contribution in [0.5, 0.6) is 5.75 Å². The first-order valence-corrected chi connectivity index (χ1v) is 8.31. The van der Waals surface area contributed by atoms with Crippen molar-refractivity contribution < 1.29 is 9.53 Å². The van der Waals surface area contributed by atoms with Crippen LogP contribution in [-0.4, -0.2) is 23.0 Å². The zero-order chi connectivity index (χ0) is 18.5. The van der Waals surface area contributed by atoms with Gasteiger partial charge in [0, 0.05) is 5.69 Å². The van der Waals surface area contributed by atoms with E-state index in [1.54, 1.807) is 25.3 Å². The number of hydrogen-bond donors (Lipinski definition) is 2. The average molecular weight is 389 g/mol. The lowest BCUT2D eigenvalue weighted by atomic mass is 10.3. The van der Waals surface area contributed by atoms with Crippen LogP contribution in [0.4, 0.5) is 17.2 Å². The van der Waals surface area contributed by atoms with Crippen LogP contribution >= 0.6 is 23.2 Å². The molecule has 6 nitrogen and oxygen atoms in total. The summed E-state index contributed by atoms with van der Waals surface area (Å²) in [4.78, 5) is 20.6. The quantitative estimate of drug-likeness (QED) is 0.656. The largest absolute Gasteiger partial charge is 0.497 e. The predicted octanol–water partition coefficient (Wildman–Crippen LogP) is 4.79. The van der Waals surface area contributed by atoms with Crippen molar-refractivity contribution in [2.24, 2.45) is 0 Å². The number of anilines is 3. The Hall–Kier alpha value is -2.83. The van der Waals surface area contributed by atoms with E-state index in [4.69, 9.17) is 27.9 Å². The number of nitrogens with one attached hydrogen (secondary N) is 2. The van der Waals surface area contributed by atoms with E-state index in [2.05, 4.69) is 20.6 Å². The summed E-state index contributed by atoms with van der Waals surface area (Å²) in [7, 11) is 1.60. The summed E-state index contributed by atoms with van der Waals surface area (Å²) in [5, 5.41) is 6.41. The number of carbonyl (C=O) groups excluding carboxylic acids is 1. The first-order chi connectivity index (χ1) is 12.6. The molecule has 0 spiro atoms. The van der Waals surface area contributed by atoms with Crippen molar-refractivity contribution in [3.63, 3.8) is 0 Å². The molecule has 0 aliphatic carbocycles. The summed E-state index contributed by atoms with van der Waals surface area (Å²) in [5.41, 5.74) is 1.30. The Morgan fingerprint density at radius 1 is 1.00 bits per heavy atom. The summed E-state index contributed by atoms with van der Waals surface area (Å²) in [6.07, 6.45) is 2.83. The van der Waals surface area contributed by atoms with Gasteiger partial charge in [0.2, 0.25) is 0 Å². The zero-order valence-electron chi connectivity index (χ0n) is 13.7. The molecule has 2 N–H and O–H groups in total. The molecule has 1 heterocycles. The van der Waals surface area contributed by atoms with Crippen molar-refractivity contribution in [2.75, 3.05) is 17.7 Å². The summed E-state index contributed by atoms with van der Waals surface area (Å²) in [6, 6.07) is 12.3. The highest BCUT2D eigenvalue weighted by Crippen LogP contribution is 2.30. The number of carbonyl (C=O) groups is 1. The van der Waals surface area contributed by atoms with Gasteiger partial charge in [-0.2, -0.15) is 0 Å². The Balaban J connectivity index is 1.69. The van der Waals surface area contributed by atoms with Crippen LogP contribution in [0.15, 0.2) is 54.9 Å². The topological polar surface area (TPSA) is 76.1 Å². The maximum absolute atomic E-state index is 12.3. The van der Waals surface area contributed by atoms with E-state index in [9.17, 15) is 4.79 Å². The van der Waals surface area contributed by atoms with Crippen LogP contribution in [0.3, 0.4) is 0 Å². The van der Waals surface area contributed by atoms with Gasteiger partial charge in [0.05, 0.1) is 35.2 Å². The number of rotatable bonds is 5. The number of ether oxygens (including phenoxy) is 1. The minimum atomic E-state index is -0.455. The summed E-state index contributed by atoms with van der Waals surface area (Å²) in [5.74, 6) is 0.804. The molecule has 0 aliphatic heterocycles. The summed E-state index contributed by atoms with van der Waals surface area (Å²) < 4.78 is 5.11. The van der Waals surface area contributed by atoms with Crippen molar-refractivity contribution >= 4 is 46.3 Å². The fourth-order valence-corrected chi connectivity index (χ4v) is 2.62. The molecule has 0 aliphatic rings. The lowest BCUT2D eigenvalue weighted by Gasteiger charge is -2.09. The molecule has 26 heavy (non-hydrogen) atoms. The first-order valence-electron chi connectivity index (χ1n) is 7.55. The smallest absolute Gasteiger partial charge is 0.275 e. The first kappa shape index (κ1) is 18.0. The van der Waals surface area contributed by atoms with Crippen LogP contribution in [0.1, 0.15) is 10.5 Å². The molecule has 1 amide bonds. The zero-order valence-corrected chi connectivity index (χ0v) is 15.2. The number of aromatic nitrogens is 2. The number of methoxy groups -OCH3 is 1. The Kier molecular flexibility index (Phi) is 5.55. The van der Waals surface area contributed by atoms with Gasteiger partial charge in [0.15, 0.2) is 0 Å². The fourth-order valence-electron chi connectivity index (χ4n) is 2.13. The molecule has 0 atom stereocenters. The number of para-hydroxylation sites is 1. The third kappa shape index (κ3) is 4.22. The maximum atomic E-state index is 12.3. The minimum Gasteiger partial charge on any atom is -0.497 e. The van der Waals surface area contributed by atoms with E-state index in [-0.39, 0.29) is 5.69 Å². The van der Waals surface area contributed by atoms with E-state index in [1.807, 2.05) is 24.3 Å². The second-order valence-electron chi connectivity index (χ2n) is 5.19. The maximum Gasteiger partial charge on any atom is 0.275 e. The minimum absolute atomic E-state index is 0.140. The molecule has 0 saturated heterocycles. The molecule has 8 heteroatoms. The molecule has 0 fully saturated rings. The molecule has 0 bridgehead atoms. The van der Waals surface area contributed by atoms with E-state index < -0.39 is 5.91 Å². The molecule has 0 radical (unpaired) electrons. The fraction of sp³-hybridized carbons (Fsp3) is 0.0556. The number of benzene rings is 2. The van der Waals surface area contributed by atoms with E-state index in [0.29, 0.717) is 21.6 Å². The van der Waals surface area contributed by atoms with Crippen LogP contribution in [0.2, 0.25) is 10.0 Å². The Labute approximate surface area is 160 Å². The van der Waals surface area contributed by atoms with Gasteiger partial charge in [0.25, 0.3) is 5.91 Å². The standard InChI is InChI=1S/C18H14Cl2N4O2/c1-26-12-7-5-11(6-8-12)23-16-10-21-15(9-22-16)18(25)24-17-13(19)3-2-4-14(17)20/h2-10H,1H3,(H,22,23)(H,24,25). The lowest BCUT2D eigenvalue weighted by Crippen LogP contribution is -2.15. The van der Waals surface area contributed by atoms with Gasteiger partial charge in [-0.1, -0.05) is 29.3 Å². The van der Waals surface area contributed by atoms with E-state index in [0.717, 1.165) is 11.4 Å². The Morgan fingerprint density at radius 3 is 2.27 bits per heavy atom. The van der Waals surface area contributed by atoms with Gasteiger partial charge < -0.3 is 15.4 Å². The molecule has 0 unspecified atom stereocenters. The molecule has 0 saturated carbocycles. The second-order valence-corrected chi connectivity index (χ2v) is 6.01. The molecule has 3 aromatic rings. The van der Waals surface area contributed by atoms with Gasteiger partial charge in [-0.15, -0.1) is 0 Å². The van der Waals surface area contributed by atoms with Crippen molar-refractivity contribution in [3.05, 3.63) is 70.6 Å². The molecule has 2 aromatic carbocycles. The highest BCUT2D eigenvalue weighted by molar-refractivity contribution is 6.39. The molecular formula is C18H14Cl2N4O2. The van der Waals surface area contributed by atoms with Gasteiger partial charge in [-0.05, 0) is 36.4 Å². The number of amides is 1. The van der Waals surface area contributed by atoms with Crippen molar-refractivity contribution in [1.82, 2.24) is 9.97 Å². The third-order valence-electron chi connectivity index (χ3n) is 3.45. The van der Waals surface area contributed by atoms with Crippen molar-refractivity contribution in [3.8, 4) is 5.75 Å². The van der Waals surface area contributed by atoms with Gasteiger partial charge in [0.1, 0.15) is 17.3 Å². The predicted molar refractivity (Wildman–Crippen MR) is 103 cm³/mol. The monoisotopic (exact) mass is 388 g/mol. The van der Waals surface area contributed by atoms with E-state index in [1.165, 1.54) is 12.4 Å². The third-order valence-corrected chi connectivity index (χ3v) is 4.08. The van der Waals surface area contributed by atoms with Crippen LogP contribution in [-0.2, 0) is 0 Å². The van der Waals surface area contributed by atoms with Crippen LogP contribution in [0, 0.1) is 0 Å². The summed E-state index contributed by atoms with van der Waals surface area (Å²) in [6.45, 7) is 0. The normalized spacial score (nSPS) is 10.3. The van der Waals surface area contributed by atoms with Crippen molar-refractivity contribution in [1.29, 1.82) is 0 Å². The van der Waals surface area contributed by atoms with Crippen LogP contribution < -0.4 is 15.4 Å². The molecule has 3 rings (SSSR count). The molecular weight excluding hydrogens is 375 g/mol. The molecule has 1 aromatic heterocycles. The number of nitrogens with zero attached hydrogens (tertiary/aromatic N) is 2. The lowest BCUT2D eigenvalue weighted by molar-refractivity contribution is 0.102. The highest BCUT2D eigenvalue weighted by Gasteiger charge is 2.13. The Bertz CT molecular complexity index is 895. The van der Waals surface area contributed by atoms with Crippen LogP contribution in [0.25, 0.3) is 0 Å². The Morgan fingerprint density at radius 2 is 1.69 bits per heavy atom. The SMILES string of the molecule is COc1ccc(Nc2cnc(C(=O)Nc3c(Cl)cccc3Cl)cn2)cc1.